The lowest BCUT2D eigenvalue weighted by molar-refractivity contribution is -0.264. The highest BCUT2D eigenvalue weighted by Crippen LogP contribution is 2.66. The molecule has 106 valence electrons. The van der Waals surface area contributed by atoms with Crippen molar-refractivity contribution in [3.05, 3.63) is 0 Å². The number of Topliss-reactive ketones (excluding diaryl/α,β-unsaturated/α-hetero) is 1. The van der Waals surface area contributed by atoms with Crippen molar-refractivity contribution in [1.29, 1.82) is 0 Å². The summed E-state index contributed by atoms with van der Waals surface area (Å²) in [6.45, 7) is 4.27. The first kappa shape index (κ1) is 12.3. The minimum atomic E-state index is -0.680. The van der Waals surface area contributed by atoms with Crippen LogP contribution in [-0.2, 0) is 4.79 Å². The number of piperidine rings is 1. The van der Waals surface area contributed by atoms with E-state index in [0.717, 1.165) is 58.0 Å². The molecule has 3 heteroatoms. The molecule has 0 amide bonds. The normalized spacial score (nSPS) is 56.6. The Morgan fingerprint density at radius 3 is 2.95 bits per heavy atom. The molecule has 2 bridgehead atoms. The quantitative estimate of drug-likeness (QED) is 0.728. The zero-order chi connectivity index (χ0) is 13.3. The Bertz CT molecular complexity index is 423. The van der Waals surface area contributed by atoms with E-state index in [4.69, 9.17) is 0 Å². The summed E-state index contributed by atoms with van der Waals surface area (Å²) in [6.07, 6.45) is 7.12. The molecule has 4 fully saturated rings. The van der Waals surface area contributed by atoms with Crippen LogP contribution >= 0.6 is 0 Å². The molecule has 4 rings (SSSR count). The third kappa shape index (κ3) is 1.33. The molecular formula is C16H25NO2. The Balaban J connectivity index is 1.90. The summed E-state index contributed by atoms with van der Waals surface area (Å²) in [4.78, 5) is 14.9. The minimum Gasteiger partial charge on any atom is -0.375 e. The summed E-state index contributed by atoms with van der Waals surface area (Å²) in [5.41, 5.74) is -0.772. The molecule has 0 radical (unpaired) electrons. The van der Waals surface area contributed by atoms with Gasteiger partial charge in [0.2, 0.25) is 0 Å². The first-order valence-corrected chi connectivity index (χ1v) is 8.08. The van der Waals surface area contributed by atoms with Crippen molar-refractivity contribution in [2.75, 3.05) is 13.1 Å². The molecule has 0 aromatic carbocycles. The van der Waals surface area contributed by atoms with Gasteiger partial charge in [-0.25, -0.2) is 0 Å². The van der Waals surface area contributed by atoms with E-state index in [0.29, 0.717) is 17.6 Å². The number of hydrogen-bond donors (Lipinski definition) is 1. The Morgan fingerprint density at radius 1 is 1.32 bits per heavy atom. The summed E-state index contributed by atoms with van der Waals surface area (Å²) in [6, 6.07) is 0. The van der Waals surface area contributed by atoms with Crippen LogP contribution < -0.4 is 0 Å². The molecule has 1 spiro atoms. The highest BCUT2D eigenvalue weighted by atomic mass is 16.3. The Kier molecular flexibility index (Phi) is 2.48. The molecule has 0 aromatic rings. The fourth-order valence-corrected chi connectivity index (χ4v) is 6.23. The molecule has 1 unspecified atom stereocenters. The van der Waals surface area contributed by atoms with Crippen LogP contribution in [-0.4, -0.2) is 34.6 Å². The zero-order valence-electron chi connectivity index (χ0n) is 11.9. The van der Waals surface area contributed by atoms with Gasteiger partial charge in [0.15, 0.2) is 0 Å². The predicted octanol–water partition coefficient (Wildman–Crippen LogP) is 2.19. The van der Waals surface area contributed by atoms with E-state index in [9.17, 15) is 9.90 Å². The van der Waals surface area contributed by atoms with Crippen LogP contribution in [0.2, 0.25) is 0 Å². The Morgan fingerprint density at radius 2 is 2.11 bits per heavy atom. The average Bonchev–Trinajstić information content (AvgIpc) is 2.59. The Labute approximate surface area is 115 Å². The summed E-state index contributed by atoms with van der Waals surface area (Å²) >= 11 is 0. The fraction of sp³-hybridized carbons (Fsp3) is 0.938. The number of ketones is 1. The molecule has 19 heavy (non-hydrogen) atoms. The van der Waals surface area contributed by atoms with Gasteiger partial charge in [-0.3, -0.25) is 9.69 Å². The van der Waals surface area contributed by atoms with E-state index in [-0.39, 0.29) is 11.3 Å². The predicted molar refractivity (Wildman–Crippen MR) is 72.4 cm³/mol. The maximum absolute atomic E-state index is 12.5. The van der Waals surface area contributed by atoms with Crippen molar-refractivity contribution in [2.24, 2.45) is 23.2 Å². The lowest BCUT2D eigenvalue weighted by atomic mass is 9.53. The summed E-state index contributed by atoms with van der Waals surface area (Å²) in [5, 5.41) is 11.6. The first-order valence-electron chi connectivity index (χ1n) is 8.08. The van der Waals surface area contributed by atoms with Crippen molar-refractivity contribution in [2.45, 2.75) is 57.6 Å². The number of carbonyl (C=O) groups excluding carboxylic acids is 1. The van der Waals surface area contributed by atoms with Gasteiger partial charge in [-0.1, -0.05) is 6.92 Å². The van der Waals surface area contributed by atoms with Gasteiger partial charge in [0.05, 0.1) is 0 Å². The van der Waals surface area contributed by atoms with E-state index in [1.807, 2.05) is 0 Å². The topological polar surface area (TPSA) is 40.5 Å². The van der Waals surface area contributed by atoms with Crippen molar-refractivity contribution in [1.82, 2.24) is 4.90 Å². The van der Waals surface area contributed by atoms with Gasteiger partial charge in [-0.15, -0.1) is 0 Å². The minimum absolute atomic E-state index is 0.0919. The van der Waals surface area contributed by atoms with Crippen LogP contribution in [0.5, 0.6) is 0 Å². The molecular weight excluding hydrogens is 238 g/mol. The molecule has 0 aromatic heterocycles. The maximum atomic E-state index is 12.5. The van der Waals surface area contributed by atoms with Crippen LogP contribution in [0.3, 0.4) is 0 Å². The van der Waals surface area contributed by atoms with Crippen LogP contribution in [0.4, 0.5) is 0 Å². The fourth-order valence-electron chi connectivity index (χ4n) is 6.23. The van der Waals surface area contributed by atoms with Gasteiger partial charge in [-0.2, -0.15) is 0 Å². The molecule has 1 N–H and O–H groups in total. The lowest BCUT2D eigenvalue weighted by Gasteiger charge is -2.61. The third-order valence-corrected chi connectivity index (χ3v) is 6.71. The van der Waals surface area contributed by atoms with E-state index >= 15 is 0 Å². The number of carbonyl (C=O) groups is 1. The van der Waals surface area contributed by atoms with Gasteiger partial charge in [-0.05, 0) is 50.4 Å². The third-order valence-electron chi connectivity index (χ3n) is 6.71. The van der Waals surface area contributed by atoms with Gasteiger partial charge in [0.1, 0.15) is 11.5 Å². The number of aliphatic hydroxyl groups is 1. The van der Waals surface area contributed by atoms with E-state index < -0.39 is 5.72 Å². The molecule has 2 saturated heterocycles. The molecule has 2 heterocycles. The number of hydrogen-bond acceptors (Lipinski definition) is 3. The lowest BCUT2D eigenvalue weighted by Crippen LogP contribution is -2.68. The second-order valence-corrected chi connectivity index (χ2v) is 7.55. The molecule has 2 saturated carbocycles. The van der Waals surface area contributed by atoms with Gasteiger partial charge < -0.3 is 5.11 Å². The highest BCUT2D eigenvalue weighted by molar-refractivity contribution is 5.85. The summed E-state index contributed by atoms with van der Waals surface area (Å²) < 4.78 is 0. The van der Waals surface area contributed by atoms with Crippen LogP contribution in [0, 0.1) is 23.2 Å². The molecule has 3 nitrogen and oxygen atoms in total. The number of nitrogens with zero attached hydrogens (tertiary/aromatic N) is 1. The second-order valence-electron chi connectivity index (χ2n) is 7.55. The zero-order valence-corrected chi connectivity index (χ0v) is 11.9. The summed E-state index contributed by atoms with van der Waals surface area (Å²) in [5.74, 6) is 1.61. The number of rotatable bonds is 0. The van der Waals surface area contributed by atoms with Crippen molar-refractivity contribution in [3.63, 3.8) is 0 Å². The summed E-state index contributed by atoms with van der Waals surface area (Å²) in [7, 11) is 0. The van der Waals surface area contributed by atoms with Crippen LogP contribution in [0.25, 0.3) is 0 Å². The second kappa shape index (κ2) is 3.82. The van der Waals surface area contributed by atoms with Crippen molar-refractivity contribution < 1.29 is 9.90 Å². The first-order chi connectivity index (χ1) is 9.08. The standard InChI is InChI=1S/C16H25NO2/c1-11-8-12-9-14(18)13-4-2-6-17-7-3-5-15(12,13)16(17,19)10-11/h11-13,19H,2-10H2,1H3/t11-,12+,13-,15+,16+/m1/s1. The van der Waals surface area contributed by atoms with Crippen molar-refractivity contribution in [3.8, 4) is 0 Å². The molecule has 6 atom stereocenters. The van der Waals surface area contributed by atoms with Crippen LogP contribution in [0.15, 0.2) is 0 Å². The smallest absolute Gasteiger partial charge is 0.137 e. The Hall–Kier alpha value is -0.410. The van der Waals surface area contributed by atoms with Gasteiger partial charge >= 0.3 is 0 Å². The monoisotopic (exact) mass is 263 g/mol. The van der Waals surface area contributed by atoms with Gasteiger partial charge in [0, 0.05) is 30.8 Å². The molecule has 2 aliphatic carbocycles. The highest BCUT2D eigenvalue weighted by Gasteiger charge is 2.69. The van der Waals surface area contributed by atoms with E-state index in [1.165, 1.54) is 0 Å². The van der Waals surface area contributed by atoms with Crippen LogP contribution in [0.1, 0.15) is 51.9 Å². The van der Waals surface area contributed by atoms with Gasteiger partial charge in [0.25, 0.3) is 0 Å². The molecule has 2 aliphatic heterocycles. The maximum Gasteiger partial charge on any atom is 0.137 e. The SMILES string of the molecule is C[C@@H]1C[C@H]2CC(=O)[C@H]3CCCN4CCC[C@]23[C@@]4(O)C1. The molecule has 4 aliphatic rings. The van der Waals surface area contributed by atoms with Crippen molar-refractivity contribution >= 4 is 5.78 Å². The average molecular weight is 263 g/mol. The van der Waals surface area contributed by atoms with E-state index in [1.54, 1.807) is 0 Å². The largest absolute Gasteiger partial charge is 0.375 e. The van der Waals surface area contributed by atoms with E-state index in [2.05, 4.69) is 11.8 Å².